The average molecular weight is 487 g/mol. The molecule has 0 radical (unpaired) electrons. The molecule has 2 aromatic carbocycles. The van der Waals surface area contributed by atoms with Gasteiger partial charge in [-0.25, -0.2) is 8.42 Å². The molecule has 0 bridgehead atoms. The molecular formula is C29H46N2O2S. The Balaban J connectivity index is 2.05. The van der Waals surface area contributed by atoms with E-state index in [1.54, 1.807) is 0 Å². The van der Waals surface area contributed by atoms with Crippen molar-refractivity contribution in [2.45, 2.75) is 76.0 Å². The molecule has 2 unspecified atom stereocenters. The minimum atomic E-state index is -3.35. The molecule has 0 fully saturated rings. The molecule has 34 heavy (non-hydrogen) atoms. The van der Waals surface area contributed by atoms with E-state index in [9.17, 15) is 8.42 Å². The number of nitrogens with zero attached hydrogens (tertiary/aromatic N) is 2. The molecular weight excluding hydrogens is 440 g/mol. The highest BCUT2D eigenvalue weighted by molar-refractivity contribution is 7.91. The van der Waals surface area contributed by atoms with E-state index in [4.69, 9.17) is 0 Å². The summed E-state index contributed by atoms with van der Waals surface area (Å²) in [5.41, 5.74) is 2.75. The van der Waals surface area contributed by atoms with E-state index in [2.05, 4.69) is 25.9 Å². The first-order valence-corrected chi connectivity index (χ1v) is 14.7. The Hall–Kier alpha value is -1.85. The lowest BCUT2D eigenvalue weighted by atomic mass is 10.0. The van der Waals surface area contributed by atoms with Gasteiger partial charge in [0.15, 0.2) is 9.84 Å². The lowest BCUT2D eigenvalue weighted by Crippen LogP contribution is -2.29. The quantitative estimate of drug-likeness (QED) is 0.247. The molecule has 0 saturated carbocycles. The van der Waals surface area contributed by atoms with Gasteiger partial charge in [-0.15, -0.1) is 0 Å². The predicted molar refractivity (Wildman–Crippen MR) is 148 cm³/mol. The van der Waals surface area contributed by atoms with Crippen molar-refractivity contribution in [2.24, 2.45) is 0 Å². The summed E-state index contributed by atoms with van der Waals surface area (Å²) in [4.78, 5) is 4.30. The summed E-state index contributed by atoms with van der Waals surface area (Å²) < 4.78 is 27.3. The maximum absolute atomic E-state index is 13.6. The molecule has 0 N–H and O–H groups in total. The first-order valence-electron chi connectivity index (χ1n) is 13.0. The summed E-state index contributed by atoms with van der Waals surface area (Å²) in [5.74, 6) is 0.211. The second-order valence-electron chi connectivity index (χ2n) is 9.96. The second kappa shape index (κ2) is 14.5. The molecule has 4 nitrogen and oxygen atoms in total. The summed E-state index contributed by atoms with van der Waals surface area (Å²) >= 11 is 0. The van der Waals surface area contributed by atoms with Gasteiger partial charge in [0.1, 0.15) is 5.25 Å². The van der Waals surface area contributed by atoms with Crippen LogP contribution in [-0.2, 0) is 9.84 Å². The van der Waals surface area contributed by atoms with Gasteiger partial charge in [0.2, 0.25) is 0 Å². The number of sulfone groups is 1. The second-order valence-corrected chi connectivity index (χ2v) is 12.2. The van der Waals surface area contributed by atoms with E-state index in [1.807, 2.05) is 73.6 Å². The van der Waals surface area contributed by atoms with E-state index in [0.29, 0.717) is 12.5 Å². The molecule has 2 atom stereocenters. The van der Waals surface area contributed by atoms with Gasteiger partial charge >= 0.3 is 0 Å². The zero-order valence-electron chi connectivity index (χ0n) is 22.0. The zero-order valence-corrected chi connectivity index (χ0v) is 22.9. The van der Waals surface area contributed by atoms with Crippen molar-refractivity contribution in [1.82, 2.24) is 4.90 Å². The smallest absolute Gasteiger partial charge is 0.161 e. The fraction of sp³-hybridized carbons (Fsp3) is 0.586. The molecule has 2 rings (SSSR count). The van der Waals surface area contributed by atoms with Crippen LogP contribution < -0.4 is 4.90 Å². The maximum atomic E-state index is 13.6. The summed E-state index contributed by atoms with van der Waals surface area (Å²) in [6.45, 7) is 2.25. The fourth-order valence-corrected chi connectivity index (χ4v) is 6.59. The van der Waals surface area contributed by atoms with Crippen LogP contribution in [0.2, 0.25) is 0 Å². The molecule has 0 aromatic heterocycles. The van der Waals surface area contributed by atoms with Gasteiger partial charge in [-0.2, -0.15) is 0 Å². The third-order valence-electron chi connectivity index (χ3n) is 6.76. The number of benzene rings is 2. The summed E-state index contributed by atoms with van der Waals surface area (Å²) in [6, 6.07) is 18.0. The maximum Gasteiger partial charge on any atom is 0.161 e. The topological polar surface area (TPSA) is 40.6 Å². The van der Waals surface area contributed by atoms with E-state index in [0.717, 1.165) is 29.7 Å². The van der Waals surface area contributed by atoms with E-state index < -0.39 is 15.1 Å². The molecule has 0 aliphatic carbocycles. The first kappa shape index (κ1) is 28.4. The Kier molecular flexibility index (Phi) is 12.1. The third-order valence-corrected chi connectivity index (χ3v) is 8.88. The van der Waals surface area contributed by atoms with E-state index in [-0.39, 0.29) is 5.75 Å². The standard InChI is InChI=1S/C29H46N2O2S/c1-6-7-8-9-10-14-18-27(30(2)3)19-15-24-34(32,33)29(25-16-12-11-13-17-25)26-20-22-28(23-21-26)31(4)5/h11-13,16-17,20-23,27,29H,6-10,14-15,18-19,24H2,1-5H3. The van der Waals surface area contributed by atoms with Crippen molar-refractivity contribution in [3.05, 3.63) is 65.7 Å². The normalized spacial score (nSPS) is 13.7. The molecule has 0 aliphatic heterocycles. The van der Waals surface area contributed by atoms with Crippen molar-refractivity contribution < 1.29 is 8.42 Å². The molecule has 5 heteroatoms. The molecule has 0 aliphatic rings. The number of anilines is 1. The highest BCUT2D eigenvalue weighted by Gasteiger charge is 2.29. The van der Waals surface area contributed by atoms with Crippen LogP contribution in [0.1, 0.15) is 81.1 Å². The summed E-state index contributed by atoms with van der Waals surface area (Å²) in [5, 5.41) is -0.624. The monoisotopic (exact) mass is 486 g/mol. The van der Waals surface area contributed by atoms with Crippen molar-refractivity contribution in [1.29, 1.82) is 0 Å². The Morgan fingerprint density at radius 3 is 1.85 bits per heavy atom. The average Bonchev–Trinajstić information content (AvgIpc) is 2.81. The molecule has 0 heterocycles. The lowest BCUT2D eigenvalue weighted by Gasteiger charge is -2.25. The minimum Gasteiger partial charge on any atom is -0.378 e. The van der Waals surface area contributed by atoms with Gasteiger partial charge in [0, 0.05) is 25.8 Å². The number of hydrogen-bond acceptors (Lipinski definition) is 4. The Bertz CT molecular complexity index is 909. The highest BCUT2D eigenvalue weighted by atomic mass is 32.2. The molecule has 2 aromatic rings. The highest BCUT2D eigenvalue weighted by Crippen LogP contribution is 2.32. The van der Waals surface area contributed by atoms with Gasteiger partial charge in [-0.05, 0) is 56.6 Å². The molecule has 0 saturated heterocycles. The van der Waals surface area contributed by atoms with Crippen LogP contribution in [-0.4, -0.2) is 53.3 Å². The number of hydrogen-bond donors (Lipinski definition) is 0. The predicted octanol–water partition coefficient (Wildman–Crippen LogP) is 6.72. The fourth-order valence-electron chi connectivity index (χ4n) is 4.64. The van der Waals surface area contributed by atoms with Gasteiger partial charge in [0.05, 0.1) is 5.75 Å². The van der Waals surface area contributed by atoms with Crippen molar-refractivity contribution in [2.75, 3.05) is 38.8 Å². The lowest BCUT2D eigenvalue weighted by molar-refractivity contribution is 0.256. The van der Waals surface area contributed by atoms with Crippen LogP contribution in [0.15, 0.2) is 54.6 Å². The largest absolute Gasteiger partial charge is 0.378 e. The van der Waals surface area contributed by atoms with Gasteiger partial charge in [0.25, 0.3) is 0 Å². The summed E-state index contributed by atoms with van der Waals surface area (Å²) in [6.07, 6.45) is 10.5. The molecule has 190 valence electrons. The first-order chi connectivity index (χ1) is 16.3. The van der Waals surface area contributed by atoms with Crippen LogP contribution in [0.25, 0.3) is 0 Å². The van der Waals surface area contributed by atoms with Gasteiger partial charge in [-0.1, -0.05) is 87.9 Å². The van der Waals surface area contributed by atoms with E-state index in [1.165, 1.54) is 38.5 Å². The number of rotatable bonds is 16. The minimum absolute atomic E-state index is 0.211. The van der Waals surface area contributed by atoms with Crippen molar-refractivity contribution in [3.63, 3.8) is 0 Å². The Morgan fingerprint density at radius 1 is 0.706 bits per heavy atom. The Labute approximate surface area is 209 Å². The van der Waals surface area contributed by atoms with Crippen LogP contribution >= 0.6 is 0 Å². The van der Waals surface area contributed by atoms with Crippen LogP contribution in [0.3, 0.4) is 0 Å². The SMILES string of the molecule is CCCCCCCCC(CCCS(=O)(=O)C(c1ccccc1)c1ccc(N(C)C)cc1)N(C)C. The zero-order chi connectivity index (χ0) is 25.0. The van der Waals surface area contributed by atoms with Crippen LogP contribution in [0, 0.1) is 0 Å². The van der Waals surface area contributed by atoms with Gasteiger partial charge < -0.3 is 9.80 Å². The van der Waals surface area contributed by atoms with Crippen molar-refractivity contribution in [3.8, 4) is 0 Å². The van der Waals surface area contributed by atoms with Crippen LogP contribution in [0.5, 0.6) is 0 Å². The van der Waals surface area contributed by atoms with E-state index >= 15 is 0 Å². The summed E-state index contributed by atoms with van der Waals surface area (Å²) in [7, 11) is 4.88. The van der Waals surface area contributed by atoms with Gasteiger partial charge in [-0.3, -0.25) is 0 Å². The molecule has 0 amide bonds. The van der Waals surface area contributed by atoms with Crippen molar-refractivity contribution >= 4 is 15.5 Å². The number of unbranched alkanes of at least 4 members (excludes halogenated alkanes) is 5. The van der Waals surface area contributed by atoms with Crippen LogP contribution in [0.4, 0.5) is 5.69 Å². The molecule has 0 spiro atoms. The third kappa shape index (κ3) is 9.07. The Morgan fingerprint density at radius 2 is 1.26 bits per heavy atom.